The molecule has 0 aliphatic heterocycles. The first-order valence-corrected chi connectivity index (χ1v) is 10.4. The summed E-state index contributed by atoms with van der Waals surface area (Å²) in [5, 5.41) is 8.20. The number of ether oxygens (including phenoxy) is 1. The van der Waals surface area contributed by atoms with Gasteiger partial charge in [-0.1, -0.05) is 65.7 Å². The van der Waals surface area contributed by atoms with Gasteiger partial charge in [-0.15, -0.1) is 0 Å². The highest BCUT2D eigenvalue weighted by Crippen LogP contribution is 2.21. The first-order valence-electron chi connectivity index (χ1n) is 9.62. The fraction of sp³-hybridized carbons (Fsp3) is 0.0833. The van der Waals surface area contributed by atoms with Crippen LogP contribution >= 0.6 is 23.2 Å². The van der Waals surface area contributed by atoms with E-state index in [9.17, 15) is 4.79 Å². The van der Waals surface area contributed by atoms with Crippen LogP contribution in [0.4, 0.5) is 5.82 Å². The summed E-state index contributed by atoms with van der Waals surface area (Å²) in [6, 6.07) is 24.2. The lowest BCUT2D eigenvalue weighted by Gasteiger charge is -2.07. The number of anilines is 1. The summed E-state index contributed by atoms with van der Waals surface area (Å²) in [5.41, 5.74) is 2.54. The number of amides is 1. The summed E-state index contributed by atoms with van der Waals surface area (Å²) in [6.07, 6.45) is 1.70. The molecular weight excluding hydrogens is 433 g/mol. The van der Waals surface area contributed by atoms with Gasteiger partial charge in [0.2, 0.25) is 0 Å². The summed E-state index contributed by atoms with van der Waals surface area (Å²) in [5.74, 6) is 0.779. The number of benzene rings is 3. The molecule has 0 saturated heterocycles. The van der Waals surface area contributed by atoms with Crippen LogP contribution in [-0.4, -0.2) is 15.7 Å². The van der Waals surface area contributed by atoms with Gasteiger partial charge >= 0.3 is 0 Å². The zero-order valence-electron chi connectivity index (χ0n) is 16.5. The molecule has 0 unspecified atom stereocenters. The van der Waals surface area contributed by atoms with Crippen LogP contribution in [0.25, 0.3) is 0 Å². The van der Waals surface area contributed by atoms with Crippen molar-refractivity contribution in [3.05, 3.63) is 112 Å². The van der Waals surface area contributed by atoms with E-state index in [2.05, 4.69) is 10.4 Å². The number of halogens is 2. The Morgan fingerprint density at radius 2 is 1.61 bits per heavy atom. The van der Waals surface area contributed by atoms with Crippen LogP contribution in [0.1, 0.15) is 21.5 Å². The van der Waals surface area contributed by atoms with E-state index < -0.39 is 0 Å². The third-order valence-electron chi connectivity index (χ3n) is 4.57. The molecule has 1 amide bonds. The summed E-state index contributed by atoms with van der Waals surface area (Å²) in [7, 11) is 0. The molecule has 7 heteroatoms. The maximum absolute atomic E-state index is 12.6. The van der Waals surface area contributed by atoms with E-state index in [4.69, 9.17) is 27.9 Å². The Morgan fingerprint density at radius 1 is 0.903 bits per heavy atom. The van der Waals surface area contributed by atoms with Gasteiger partial charge in [0.25, 0.3) is 5.91 Å². The lowest BCUT2D eigenvalue weighted by molar-refractivity contribution is 0.102. The lowest BCUT2D eigenvalue weighted by atomic mass is 10.1. The molecule has 0 saturated carbocycles. The Labute approximate surface area is 190 Å². The first kappa shape index (κ1) is 21.0. The number of rotatable bonds is 7. The molecule has 156 valence electrons. The number of nitrogens with zero attached hydrogens (tertiary/aromatic N) is 2. The molecule has 0 spiro atoms. The molecule has 1 heterocycles. The topological polar surface area (TPSA) is 56.2 Å². The van der Waals surface area contributed by atoms with Gasteiger partial charge in [-0.3, -0.25) is 9.48 Å². The molecule has 0 aliphatic rings. The Bertz CT molecular complexity index is 1160. The van der Waals surface area contributed by atoms with Crippen LogP contribution in [0.3, 0.4) is 0 Å². The monoisotopic (exact) mass is 451 g/mol. The quantitative estimate of drug-likeness (QED) is 0.370. The average Bonchev–Trinajstić information content (AvgIpc) is 3.12. The number of carbonyl (C=O) groups is 1. The van der Waals surface area contributed by atoms with Crippen LogP contribution in [0, 0.1) is 0 Å². The van der Waals surface area contributed by atoms with Gasteiger partial charge in [-0.05, 0) is 47.5 Å². The van der Waals surface area contributed by atoms with E-state index in [0.29, 0.717) is 34.6 Å². The summed E-state index contributed by atoms with van der Waals surface area (Å²) < 4.78 is 7.42. The minimum absolute atomic E-state index is 0.281. The summed E-state index contributed by atoms with van der Waals surface area (Å²) in [6.45, 7) is 0.956. The zero-order valence-corrected chi connectivity index (χ0v) is 18.0. The molecule has 0 bridgehead atoms. The molecule has 3 aromatic carbocycles. The SMILES string of the molecule is O=C(Nc1nn(Cc2ccccc2)cc1Cl)c1ccc(COc2ccc(Cl)cc2)cc1. The average molecular weight is 452 g/mol. The molecule has 5 nitrogen and oxygen atoms in total. The molecule has 31 heavy (non-hydrogen) atoms. The van der Waals surface area contributed by atoms with Gasteiger partial charge in [0.15, 0.2) is 5.82 Å². The lowest BCUT2D eigenvalue weighted by Crippen LogP contribution is -2.13. The van der Waals surface area contributed by atoms with Crippen molar-refractivity contribution in [2.24, 2.45) is 0 Å². The van der Waals surface area contributed by atoms with Crippen LogP contribution in [0.5, 0.6) is 5.75 Å². The Balaban J connectivity index is 1.35. The minimum Gasteiger partial charge on any atom is -0.489 e. The Hall–Kier alpha value is -3.28. The van der Waals surface area contributed by atoms with Crippen LogP contribution < -0.4 is 10.1 Å². The second-order valence-electron chi connectivity index (χ2n) is 6.90. The van der Waals surface area contributed by atoms with Crippen LogP contribution in [0.2, 0.25) is 10.0 Å². The zero-order chi connectivity index (χ0) is 21.6. The third kappa shape index (κ3) is 5.66. The fourth-order valence-corrected chi connectivity index (χ4v) is 3.29. The molecule has 0 aliphatic carbocycles. The van der Waals surface area contributed by atoms with Gasteiger partial charge in [-0.2, -0.15) is 5.10 Å². The molecular formula is C24H19Cl2N3O2. The van der Waals surface area contributed by atoms with E-state index in [1.54, 1.807) is 35.1 Å². The fourth-order valence-electron chi connectivity index (χ4n) is 2.96. The van der Waals surface area contributed by atoms with E-state index in [1.807, 2.05) is 54.6 Å². The molecule has 0 radical (unpaired) electrons. The third-order valence-corrected chi connectivity index (χ3v) is 5.10. The number of hydrogen-bond acceptors (Lipinski definition) is 3. The van der Waals surface area contributed by atoms with Crippen LogP contribution in [0.15, 0.2) is 85.1 Å². The van der Waals surface area contributed by atoms with Crippen molar-refractivity contribution in [2.45, 2.75) is 13.2 Å². The van der Waals surface area contributed by atoms with E-state index in [-0.39, 0.29) is 5.91 Å². The number of hydrogen-bond donors (Lipinski definition) is 1. The molecule has 4 rings (SSSR count). The smallest absolute Gasteiger partial charge is 0.256 e. The van der Waals surface area contributed by atoms with Crippen LogP contribution in [-0.2, 0) is 13.2 Å². The number of nitrogens with one attached hydrogen (secondary N) is 1. The molecule has 1 aromatic heterocycles. The van der Waals surface area contributed by atoms with E-state index >= 15 is 0 Å². The highest BCUT2D eigenvalue weighted by atomic mass is 35.5. The number of carbonyl (C=O) groups excluding carboxylic acids is 1. The van der Waals surface area contributed by atoms with Gasteiger partial charge in [0, 0.05) is 16.8 Å². The Kier molecular flexibility index (Phi) is 6.55. The van der Waals surface area contributed by atoms with Gasteiger partial charge in [-0.25, -0.2) is 0 Å². The number of aromatic nitrogens is 2. The summed E-state index contributed by atoms with van der Waals surface area (Å²) in [4.78, 5) is 12.6. The highest BCUT2D eigenvalue weighted by molar-refractivity contribution is 6.33. The largest absolute Gasteiger partial charge is 0.489 e. The van der Waals surface area contributed by atoms with Crippen molar-refractivity contribution in [3.8, 4) is 5.75 Å². The normalized spacial score (nSPS) is 10.6. The van der Waals surface area contributed by atoms with Gasteiger partial charge in [0.05, 0.1) is 6.54 Å². The van der Waals surface area contributed by atoms with E-state index in [1.165, 1.54) is 0 Å². The van der Waals surface area contributed by atoms with Crippen molar-refractivity contribution in [2.75, 3.05) is 5.32 Å². The molecule has 0 fully saturated rings. The van der Waals surface area contributed by atoms with Gasteiger partial charge in [0.1, 0.15) is 17.4 Å². The van der Waals surface area contributed by atoms with Gasteiger partial charge < -0.3 is 10.1 Å². The molecule has 0 atom stereocenters. The maximum atomic E-state index is 12.6. The van der Waals surface area contributed by atoms with Crippen molar-refractivity contribution in [1.29, 1.82) is 0 Å². The minimum atomic E-state index is -0.281. The predicted molar refractivity (Wildman–Crippen MR) is 123 cm³/mol. The standard InChI is InChI=1S/C24H19Cl2N3O2/c25-20-10-12-21(13-11-20)31-16-18-6-8-19(9-7-18)24(30)27-23-22(26)15-29(28-23)14-17-4-2-1-3-5-17/h1-13,15H,14,16H2,(H,27,28,30). The maximum Gasteiger partial charge on any atom is 0.256 e. The molecule has 4 aromatic rings. The highest BCUT2D eigenvalue weighted by Gasteiger charge is 2.13. The predicted octanol–water partition coefficient (Wildman–Crippen LogP) is 6.07. The van der Waals surface area contributed by atoms with Crippen molar-refractivity contribution in [1.82, 2.24) is 9.78 Å². The first-order chi connectivity index (χ1) is 15.1. The summed E-state index contributed by atoms with van der Waals surface area (Å²) >= 11 is 12.1. The van der Waals surface area contributed by atoms with Crippen molar-refractivity contribution in [3.63, 3.8) is 0 Å². The van der Waals surface area contributed by atoms with Crippen molar-refractivity contribution >= 4 is 34.9 Å². The van der Waals surface area contributed by atoms with Crippen molar-refractivity contribution < 1.29 is 9.53 Å². The molecule has 1 N–H and O–H groups in total. The Morgan fingerprint density at radius 3 is 2.32 bits per heavy atom. The van der Waals surface area contributed by atoms with E-state index in [0.717, 1.165) is 16.9 Å². The second kappa shape index (κ2) is 9.69. The second-order valence-corrected chi connectivity index (χ2v) is 7.75.